The molecule has 1 rings (SSSR count). The van der Waals surface area contributed by atoms with Crippen molar-refractivity contribution in [3.63, 3.8) is 0 Å². The molecule has 0 amide bonds. The van der Waals surface area contributed by atoms with Crippen LogP contribution in [-0.4, -0.2) is 31.8 Å². The minimum absolute atomic E-state index is 0.425. The molecule has 72 valence electrons. The van der Waals surface area contributed by atoms with Crippen molar-refractivity contribution in [3.05, 3.63) is 0 Å². The van der Waals surface area contributed by atoms with Gasteiger partial charge in [-0.05, 0) is 39.3 Å². The maximum Gasteiger partial charge on any atom is 0.0561 e. The third-order valence-electron chi connectivity index (χ3n) is 2.30. The molecule has 0 aromatic heterocycles. The smallest absolute Gasteiger partial charge is 0.0561 e. The largest absolute Gasteiger partial charge is 0.378 e. The second-order valence-corrected chi connectivity index (χ2v) is 3.50. The zero-order chi connectivity index (χ0) is 8.81. The van der Waals surface area contributed by atoms with E-state index in [0.717, 1.165) is 39.0 Å². The fourth-order valence-electron chi connectivity index (χ4n) is 1.59. The Hall–Kier alpha value is -0.120. The van der Waals surface area contributed by atoms with Gasteiger partial charge >= 0.3 is 0 Å². The molecule has 0 spiro atoms. The van der Waals surface area contributed by atoms with E-state index in [9.17, 15) is 0 Å². The first-order chi connectivity index (χ1) is 5.83. The molecular weight excluding hydrogens is 152 g/mol. The topological polar surface area (TPSA) is 47.3 Å². The Morgan fingerprint density at radius 3 is 3.08 bits per heavy atom. The van der Waals surface area contributed by atoms with Crippen LogP contribution in [0.3, 0.4) is 0 Å². The molecule has 1 aliphatic heterocycles. The summed E-state index contributed by atoms with van der Waals surface area (Å²) in [5.41, 5.74) is 5.41. The van der Waals surface area contributed by atoms with Crippen LogP contribution in [0.25, 0.3) is 0 Å². The third-order valence-corrected chi connectivity index (χ3v) is 2.30. The summed E-state index contributed by atoms with van der Waals surface area (Å²) in [6, 6.07) is 0.653. The van der Waals surface area contributed by atoms with Gasteiger partial charge in [-0.2, -0.15) is 0 Å². The predicted octanol–water partition coefficient (Wildman–Crippen LogP) is 0.492. The van der Waals surface area contributed by atoms with E-state index in [1.54, 1.807) is 0 Å². The van der Waals surface area contributed by atoms with E-state index in [0.29, 0.717) is 12.1 Å². The van der Waals surface area contributed by atoms with Gasteiger partial charge in [-0.15, -0.1) is 0 Å². The number of hydrogen-bond acceptors (Lipinski definition) is 3. The Balaban J connectivity index is 2.06. The van der Waals surface area contributed by atoms with Gasteiger partial charge in [0.2, 0.25) is 0 Å². The van der Waals surface area contributed by atoms with E-state index in [-0.39, 0.29) is 0 Å². The molecule has 3 nitrogen and oxygen atoms in total. The van der Waals surface area contributed by atoms with Crippen LogP contribution in [0.15, 0.2) is 0 Å². The lowest BCUT2D eigenvalue weighted by Crippen LogP contribution is -2.38. The standard InChI is InChI=1S/C9H20N2O/c1-8-7-9(3-6-12-8)11-5-2-4-10/h8-9,11H,2-7,10H2,1H3. The van der Waals surface area contributed by atoms with Crippen LogP contribution in [0.4, 0.5) is 0 Å². The molecule has 1 aliphatic rings. The molecule has 0 saturated carbocycles. The molecule has 0 aromatic rings. The van der Waals surface area contributed by atoms with Crippen molar-refractivity contribution >= 4 is 0 Å². The van der Waals surface area contributed by atoms with Crippen LogP contribution in [0.1, 0.15) is 26.2 Å². The fraction of sp³-hybridized carbons (Fsp3) is 1.00. The van der Waals surface area contributed by atoms with Crippen molar-refractivity contribution in [2.24, 2.45) is 5.73 Å². The number of rotatable bonds is 4. The maximum absolute atomic E-state index is 5.45. The minimum Gasteiger partial charge on any atom is -0.378 e. The molecular formula is C9H20N2O. The summed E-state index contributed by atoms with van der Waals surface area (Å²) in [7, 11) is 0. The quantitative estimate of drug-likeness (QED) is 0.607. The van der Waals surface area contributed by atoms with E-state index in [4.69, 9.17) is 10.5 Å². The SMILES string of the molecule is CC1CC(NCCCN)CCO1. The van der Waals surface area contributed by atoms with E-state index < -0.39 is 0 Å². The summed E-state index contributed by atoms with van der Waals surface area (Å²) < 4.78 is 5.45. The molecule has 3 heteroatoms. The lowest BCUT2D eigenvalue weighted by Gasteiger charge is -2.27. The second kappa shape index (κ2) is 5.51. The number of nitrogens with two attached hydrogens (primary N) is 1. The van der Waals surface area contributed by atoms with Crippen molar-refractivity contribution in [1.29, 1.82) is 0 Å². The van der Waals surface area contributed by atoms with Gasteiger partial charge in [-0.3, -0.25) is 0 Å². The van der Waals surface area contributed by atoms with Crippen molar-refractivity contribution in [1.82, 2.24) is 5.32 Å². The summed E-state index contributed by atoms with van der Waals surface area (Å²) in [4.78, 5) is 0. The average Bonchev–Trinajstić information content (AvgIpc) is 2.05. The van der Waals surface area contributed by atoms with E-state index in [2.05, 4.69) is 12.2 Å². The highest BCUT2D eigenvalue weighted by Crippen LogP contribution is 2.12. The van der Waals surface area contributed by atoms with E-state index in [1.165, 1.54) is 0 Å². The van der Waals surface area contributed by atoms with Gasteiger partial charge in [0.05, 0.1) is 6.10 Å². The number of nitrogens with one attached hydrogen (secondary N) is 1. The lowest BCUT2D eigenvalue weighted by molar-refractivity contribution is 0.0134. The van der Waals surface area contributed by atoms with Crippen molar-refractivity contribution in [2.45, 2.75) is 38.3 Å². The summed E-state index contributed by atoms with van der Waals surface area (Å²) in [5, 5.41) is 3.49. The third kappa shape index (κ3) is 3.52. The summed E-state index contributed by atoms with van der Waals surface area (Å²) >= 11 is 0. The molecule has 2 atom stereocenters. The van der Waals surface area contributed by atoms with Crippen LogP contribution in [-0.2, 0) is 4.74 Å². The van der Waals surface area contributed by atoms with Crippen molar-refractivity contribution in [2.75, 3.05) is 19.7 Å². The monoisotopic (exact) mass is 172 g/mol. The first-order valence-electron chi connectivity index (χ1n) is 4.88. The molecule has 0 bridgehead atoms. The van der Waals surface area contributed by atoms with Crippen LogP contribution < -0.4 is 11.1 Å². The van der Waals surface area contributed by atoms with Gasteiger partial charge in [0, 0.05) is 12.6 Å². The Morgan fingerprint density at radius 1 is 1.58 bits per heavy atom. The Labute approximate surface area is 74.7 Å². The summed E-state index contributed by atoms with van der Waals surface area (Å²) in [5.74, 6) is 0. The number of hydrogen-bond donors (Lipinski definition) is 2. The summed E-state index contributed by atoms with van der Waals surface area (Å²) in [6.45, 7) is 4.87. The molecule has 3 N–H and O–H groups in total. The first kappa shape index (κ1) is 9.96. The molecule has 1 saturated heterocycles. The Morgan fingerprint density at radius 2 is 2.42 bits per heavy atom. The highest BCUT2D eigenvalue weighted by Gasteiger charge is 2.17. The highest BCUT2D eigenvalue weighted by atomic mass is 16.5. The van der Waals surface area contributed by atoms with Crippen molar-refractivity contribution in [3.8, 4) is 0 Å². The van der Waals surface area contributed by atoms with Gasteiger partial charge in [0.1, 0.15) is 0 Å². The molecule has 2 unspecified atom stereocenters. The van der Waals surface area contributed by atoms with Gasteiger partial charge in [-0.25, -0.2) is 0 Å². The zero-order valence-electron chi connectivity index (χ0n) is 7.88. The zero-order valence-corrected chi connectivity index (χ0v) is 7.88. The molecule has 0 radical (unpaired) electrons. The average molecular weight is 172 g/mol. The molecule has 1 fully saturated rings. The first-order valence-corrected chi connectivity index (χ1v) is 4.88. The van der Waals surface area contributed by atoms with Crippen LogP contribution >= 0.6 is 0 Å². The second-order valence-electron chi connectivity index (χ2n) is 3.50. The van der Waals surface area contributed by atoms with Gasteiger partial charge in [0.15, 0.2) is 0 Å². The lowest BCUT2D eigenvalue weighted by atomic mass is 10.0. The summed E-state index contributed by atoms with van der Waals surface area (Å²) in [6.07, 6.45) is 3.79. The van der Waals surface area contributed by atoms with Crippen molar-refractivity contribution < 1.29 is 4.74 Å². The van der Waals surface area contributed by atoms with Gasteiger partial charge < -0.3 is 15.8 Å². The van der Waals surface area contributed by atoms with E-state index in [1.807, 2.05) is 0 Å². The van der Waals surface area contributed by atoms with Crippen LogP contribution in [0, 0.1) is 0 Å². The fourth-order valence-corrected chi connectivity index (χ4v) is 1.59. The Kier molecular flexibility index (Phi) is 4.58. The highest BCUT2D eigenvalue weighted by molar-refractivity contribution is 4.74. The van der Waals surface area contributed by atoms with Crippen LogP contribution in [0.2, 0.25) is 0 Å². The molecule has 12 heavy (non-hydrogen) atoms. The van der Waals surface area contributed by atoms with E-state index >= 15 is 0 Å². The van der Waals surface area contributed by atoms with Gasteiger partial charge in [-0.1, -0.05) is 0 Å². The Bertz CT molecular complexity index is 119. The van der Waals surface area contributed by atoms with Crippen LogP contribution in [0.5, 0.6) is 0 Å². The molecule has 1 heterocycles. The maximum atomic E-state index is 5.45. The predicted molar refractivity (Wildman–Crippen MR) is 50.1 cm³/mol. The minimum atomic E-state index is 0.425. The normalized spacial score (nSPS) is 30.5. The molecule has 0 aromatic carbocycles. The number of ether oxygens (including phenoxy) is 1. The van der Waals surface area contributed by atoms with Gasteiger partial charge in [0.25, 0.3) is 0 Å². The molecule has 0 aliphatic carbocycles.